The largest absolute Gasteiger partial charge is 0.388 e. The quantitative estimate of drug-likeness (QED) is 0.884. The summed E-state index contributed by atoms with van der Waals surface area (Å²) in [7, 11) is 0. The van der Waals surface area contributed by atoms with Crippen LogP contribution < -0.4 is 0 Å². The molecule has 2 aromatic rings. The molecule has 0 spiro atoms. The molecule has 0 bridgehead atoms. The van der Waals surface area contributed by atoms with E-state index in [1.165, 1.54) is 0 Å². The maximum Gasteiger partial charge on any atom is 0.0929 e. The van der Waals surface area contributed by atoms with Gasteiger partial charge in [-0.1, -0.05) is 6.07 Å². The molecule has 0 radical (unpaired) electrons. The fraction of sp³-hybridized carbons (Fsp3) is 0.333. The zero-order chi connectivity index (χ0) is 11.4. The number of aliphatic hydroxyl groups is 1. The van der Waals surface area contributed by atoms with Gasteiger partial charge in [0.1, 0.15) is 0 Å². The van der Waals surface area contributed by atoms with Gasteiger partial charge in [-0.2, -0.15) is 0 Å². The van der Waals surface area contributed by atoms with Gasteiger partial charge in [0.05, 0.1) is 11.1 Å². The lowest BCUT2D eigenvalue weighted by atomic mass is 10.1. The summed E-state index contributed by atoms with van der Waals surface area (Å²) in [6, 6.07) is 3.73. The molecule has 2 rings (SSSR count). The van der Waals surface area contributed by atoms with Gasteiger partial charge in [-0.15, -0.1) is 11.3 Å². The molecule has 1 atom stereocenters. The highest BCUT2D eigenvalue weighted by Crippen LogP contribution is 2.19. The summed E-state index contributed by atoms with van der Waals surface area (Å²) in [5.74, 6) is 0. The van der Waals surface area contributed by atoms with Crippen LogP contribution in [0.15, 0.2) is 29.9 Å². The van der Waals surface area contributed by atoms with E-state index in [4.69, 9.17) is 0 Å². The molecule has 0 aliphatic carbocycles. The Labute approximate surface area is 98.8 Å². The van der Waals surface area contributed by atoms with Crippen LogP contribution in [0.4, 0.5) is 0 Å². The minimum Gasteiger partial charge on any atom is -0.388 e. The Morgan fingerprint density at radius 3 is 3.00 bits per heavy atom. The average Bonchev–Trinajstić information content (AvgIpc) is 2.73. The van der Waals surface area contributed by atoms with Crippen molar-refractivity contribution in [3.8, 4) is 0 Å². The molecule has 0 saturated heterocycles. The van der Waals surface area contributed by atoms with Crippen LogP contribution in [-0.2, 0) is 6.42 Å². The number of aryl methyl sites for hydroxylation is 2. The second-order valence-corrected chi connectivity index (χ2v) is 4.67. The van der Waals surface area contributed by atoms with Crippen LogP contribution in [0.5, 0.6) is 0 Å². The molecule has 2 aromatic heterocycles. The molecule has 0 saturated carbocycles. The predicted octanol–water partition coefficient (Wildman–Crippen LogP) is 2.51. The summed E-state index contributed by atoms with van der Waals surface area (Å²) in [5.41, 5.74) is 1.92. The molecule has 16 heavy (non-hydrogen) atoms. The van der Waals surface area contributed by atoms with E-state index in [0.29, 0.717) is 6.42 Å². The molecule has 1 unspecified atom stereocenters. The molecule has 1 N–H and O–H groups in total. The average molecular weight is 234 g/mol. The first kappa shape index (κ1) is 11.2. The fourth-order valence-electron chi connectivity index (χ4n) is 1.52. The smallest absolute Gasteiger partial charge is 0.0929 e. The van der Waals surface area contributed by atoms with Gasteiger partial charge in [-0.05, 0) is 25.0 Å². The number of nitrogens with zero attached hydrogens (tertiary/aromatic N) is 2. The molecule has 0 aliphatic rings. The van der Waals surface area contributed by atoms with Gasteiger partial charge in [-0.3, -0.25) is 4.98 Å². The Balaban J connectivity index is 1.91. The van der Waals surface area contributed by atoms with Crippen LogP contribution in [0.2, 0.25) is 0 Å². The van der Waals surface area contributed by atoms with Crippen molar-refractivity contribution in [3.63, 3.8) is 0 Å². The Bertz CT molecular complexity index is 441. The number of aliphatic hydroxyl groups excluding tert-OH is 1. The summed E-state index contributed by atoms with van der Waals surface area (Å²) >= 11 is 1.65. The van der Waals surface area contributed by atoms with Crippen LogP contribution >= 0.6 is 11.3 Å². The van der Waals surface area contributed by atoms with Crippen molar-refractivity contribution in [2.45, 2.75) is 25.9 Å². The summed E-state index contributed by atoms with van der Waals surface area (Å²) < 4.78 is 0. The molecule has 0 aromatic carbocycles. The van der Waals surface area contributed by atoms with Crippen molar-refractivity contribution >= 4 is 11.3 Å². The third kappa shape index (κ3) is 2.87. The number of rotatable bonds is 4. The lowest BCUT2D eigenvalue weighted by Gasteiger charge is -2.08. The second-order valence-electron chi connectivity index (χ2n) is 3.72. The molecular formula is C12H14N2OS. The van der Waals surface area contributed by atoms with Gasteiger partial charge >= 0.3 is 0 Å². The molecule has 84 valence electrons. The van der Waals surface area contributed by atoms with Crippen molar-refractivity contribution in [3.05, 3.63) is 46.2 Å². The van der Waals surface area contributed by atoms with Gasteiger partial charge in [-0.25, -0.2) is 4.98 Å². The van der Waals surface area contributed by atoms with Crippen LogP contribution in [0.25, 0.3) is 0 Å². The Morgan fingerprint density at radius 2 is 2.38 bits per heavy atom. The van der Waals surface area contributed by atoms with E-state index in [1.54, 1.807) is 23.7 Å². The van der Waals surface area contributed by atoms with E-state index in [9.17, 15) is 5.11 Å². The van der Waals surface area contributed by atoms with E-state index in [2.05, 4.69) is 9.97 Å². The first-order valence-corrected chi connectivity index (χ1v) is 6.12. The molecule has 0 aliphatic heterocycles. The van der Waals surface area contributed by atoms with E-state index in [0.717, 1.165) is 22.7 Å². The van der Waals surface area contributed by atoms with Crippen LogP contribution in [-0.4, -0.2) is 15.1 Å². The Kier molecular flexibility index (Phi) is 3.64. The van der Waals surface area contributed by atoms with Crippen molar-refractivity contribution in [1.82, 2.24) is 9.97 Å². The highest BCUT2D eigenvalue weighted by molar-refractivity contribution is 7.09. The summed E-state index contributed by atoms with van der Waals surface area (Å²) in [4.78, 5) is 8.36. The highest BCUT2D eigenvalue weighted by atomic mass is 32.1. The van der Waals surface area contributed by atoms with Crippen molar-refractivity contribution < 1.29 is 5.11 Å². The molecular weight excluding hydrogens is 220 g/mol. The highest BCUT2D eigenvalue weighted by Gasteiger charge is 2.08. The van der Waals surface area contributed by atoms with Gasteiger partial charge in [0.25, 0.3) is 0 Å². The maximum atomic E-state index is 9.93. The molecule has 2 heterocycles. The summed E-state index contributed by atoms with van der Waals surface area (Å²) in [6.07, 6.45) is 4.48. The summed E-state index contributed by atoms with van der Waals surface area (Å²) in [6.45, 7) is 1.98. The van der Waals surface area contributed by atoms with E-state index in [-0.39, 0.29) is 0 Å². The topological polar surface area (TPSA) is 46.0 Å². The standard InChI is InChI=1S/C12H14N2OS/c1-9-8-16-12(14-9)5-4-11(15)10-3-2-6-13-7-10/h2-3,6-8,11,15H,4-5H2,1H3. The van der Waals surface area contributed by atoms with Gasteiger partial charge in [0, 0.05) is 29.9 Å². The fourth-order valence-corrected chi connectivity index (χ4v) is 2.31. The first-order valence-electron chi connectivity index (χ1n) is 5.24. The van der Waals surface area contributed by atoms with Gasteiger partial charge in [0.15, 0.2) is 0 Å². The monoisotopic (exact) mass is 234 g/mol. The number of pyridine rings is 1. The molecule has 3 nitrogen and oxygen atoms in total. The SMILES string of the molecule is Cc1csc(CCC(O)c2cccnc2)n1. The first-order chi connectivity index (χ1) is 7.75. The van der Waals surface area contributed by atoms with Gasteiger partial charge < -0.3 is 5.11 Å². The Hall–Kier alpha value is -1.26. The Morgan fingerprint density at radius 1 is 1.50 bits per heavy atom. The normalized spacial score (nSPS) is 12.6. The zero-order valence-electron chi connectivity index (χ0n) is 9.13. The van der Waals surface area contributed by atoms with Crippen molar-refractivity contribution in [2.24, 2.45) is 0 Å². The number of thiazole rings is 1. The number of aromatic nitrogens is 2. The zero-order valence-corrected chi connectivity index (χ0v) is 9.94. The molecule has 4 heteroatoms. The van der Waals surface area contributed by atoms with E-state index >= 15 is 0 Å². The second kappa shape index (κ2) is 5.18. The van der Waals surface area contributed by atoms with Crippen LogP contribution in [0.1, 0.15) is 28.8 Å². The summed E-state index contributed by atoms with van der Waals surface area (Å²) in [5, 5.41) is 13.0. The van der Waals surface area contributed by atoms with Crippen molar-refractivity contribution in [1.29, 1.82) is 0 Å². The molecule has 0 amide bonds. The molecule has 0 fully saturated rings. The predicted molar refractivity (Wildman–Crippen MR) is 64.4 cm³/mol. The maximum absolute atomic E-state index is 9.93. The van der Waals surface area contributed by atoms with Crippen molar-refractivity contribution in [2.75, 3.05) is 0 Å². The van der Waals surface area contributed by atoms with Crippen LogP contribution in [0, 0.1) is 6.92 Å². The lowest BCUT2D eigenvalue weighted by Crippen LogP contribution is -1.99. The minimum atomic E-state index is -0.446. The minimum absolute atomic E-state index is 0.446. The third-order valence-corrected chi connectivity index (χ3v) is 3.39. The lowest BCUT2D eigenvalue weighted by molar-refractivity contribution is 0.167. The third-order valence-electron chi connectivity index (χ3n) is 2.37. The van der Waals surface area contributed by atoms with Gasteiger partial charge in [0.2, 0.25) is 0 Å². The number of hydrogen-bond donors (Lipinski definition) is 1. The van der Waals surface area contributed by atoms with Crippen LogP contribution in [0.3, 0.4) is 0 Å². The number of hydrogen-bond acceptors (Lipinski definition) is 4. The van der Waals surface area contributed by atoms with E-state index < -0.39 is 6.10 Å². The van der Waals surface area contributed by atoms with E-state index in [1.807, 2.05) is 24.4 Å².